The number of rotatable bonds is 11. The Kier molecular flexibility index (Phi) is 6.68. The zero-order chi connectivity index (χ0) is 24.3. The van der Waals surface area contributed by atoms with E-state index in [1.165, 1.54) is 113 Å². The van der Waals surface area contributed by atoms with Gasteiger partial charge in [-0.3, -0.25) is 0 Å². The molecule has 0 aliphatic heterocycles. The molecule has 0 aliphatic carbocycles. The molecule has 2 aromatic heterocycles. The molecule has 36 heavy (non-hydrogen) atoms. The molecule has 2 nitrogen and oxygen atoms in total. The minimum absolute atomic E-state index is 0.944. The Bertz CT molecular complexity index is 1630. The molecule has 0 saturated heterocycles. The summed E-state index contributed by atoms with van der Waals surface area (Å²) in [5.74, 6) is 0. The molecule has 0 saturated carbocycles. The lowest BCUT2D eigenvalue weighted by atomic mass is 9.93. The van der Waals surface area contributed by atoms with Crippen LogP contribution in [0.25, 0.3) is 54.3 Å². The van der Waals surface area contributed by atoms with Crippen LogP contribution >= 0.6 is 0 Å². The van der Waals surface area contributed by atoms with Crippen molar-refractivity contribution in [2.45, 2.75) is 77.6 Å². The quantitative estimate of drug-likeness (QED) is 0.137. The number of benzene rings is 4. The molecule has 6 aromatic rings. The van der Waals surface area contributed by atoms with Crippen molar-refractivity contribution in [3.8, 4) is 0 Å². The molecule has 4 aromatic carbocycles. The molecule has 6 rings (SSSR count). The second kappa shape index (κ2) is 10.4. The van der Waals surface area contributed by atoms with E-state index in [0.717, 1.165) is 17.6 Å². The molecule has 0 atom stereocenters. The molecule has 0 bridgehead atoms. The maximum atomic E-state index is 6.01. The Labute approximate surface area is 213 Å². The summed E-state index contributed by atoms with van der Waals surface area (Å²) in [5.41, 5.74) is 3.31. The van der Waals surface area contributed by atoms with Crippen LogP contribution in [0.3, 0.4) is 0 Å². The first kappa shape index (κ1) is 23.2. The van der Waals surface area contributed by atoms with E-state index >= 15 is 0 Å². The molecule has 0 radical (unpaired) electrons. The van der Waals surface area contributed by atoms with E-state index < -0.39 is 0 Å². The second-order valence-corrected chi connectivity index (χ2v) is 10.4. The number of hydrogen-bond donors (Lipinski definition) is 0. The molecule has 2 heteroatoms. The minimum atomic E-state index is 0.944. The molecule has 0 fully saturated rings. The number of fused-ring (bicyclic) bond motifs is 9. The first-order valence-corrected chi connectivity index (χ1v) is 14.0. The van der Waals surface area contributed by atoms with Crippen molar-refractivity contribution in [3.63, 3.8) is 0 Å². The van der Waals surface area contributed by atoms with Crippen molar-refractivity contribution in [2.75, 3.05) is 0 Å². The zero-order valence-corrected chi connectivity index (χ0v) is 21.4. The van der Waals surface area contributed by atoms with Crippen LogP contribution < -0.4 is 0 Å². The molecule has 0 amide bonds. The van der Waals surface area contributed by atoms with Gasteiger partial charge in [0.15, 0.2) is 0 Å². The third-order valence-electron chi connectivity index (χ3n) is 8.04. The summed E-state index contributed by atoms with van der Waals surface area (Å²) in [6.07, 6.45) is 18.5. The van der Waals surface area contributed by atoms with Gasteiger partial charge in [0.2, 0.25) is 0 Å². The Morgan fingerprint density at radius 2 is 1.00 bits per heavy atom. The van der Waals surface area contributed by atoms with Crippen molar-refractivity contribution in [1.82, 2.24) is 0 Å². The van der Waals surface area contributed by atoms with Crippen LogP contribution in [0.2, 0.25) is 0 Å². The van der Waals surface area contributed by atoms with E-state index in [0.29, 0.717) is 0 Å². The summed E-state index contributed by atoms with van der Waals surface area (Å²) in [7, 11) is 0. The molecule has 2 heterocycles. The van der Waals surface area contributed by atoms with Gasteiger partial charge in [-0.2, -0.15) is 0 Å². The summed E-state index contributed by atoms with van der Waals surface area (Å²) >= 11 is 0. The number of aryl methyl sites for hydroxylation is 1. The highest BCUT2D eigenvalue weighted by Crippen LogP contribution is 2.38. The maximum absolute atomic E-state index is 6.01. The largest absolute Gasteiger partial charge is 0.464 e. The first-order valence-electron chi connectivity index (χ1n) is 14.0. The topological polar surface area (TPSA) is 26.3 Å². The van der Waals surface area contributed by atoms with Crippen LogP contribution in [0.5, 0.6) is 0 Å². The Morgan fingerprint density at radius 3 is 1.69 bits per heavy atom. The summed E-state index contributed by atoms with van der Waals surface area (Å²) in [6, 6.07) is 19.9. The first-order chi connectivity index (χ1) is 17.8. The van der Waals surface area contributed by atoms with Crippen LogP contribution in [0.4, 0.5) is 0 Å². The van der Waals surface area contributed by atoms with E-state index in [1.807, 2.05) is 6.26 Å². The highest BCUT2D eigenvalue weighted by Gasteiger charge is 2.13. The SMILES string of the molecule is CCCCCCCCCCCCc1coc2ccc3c4ccc5c6ccoc6ccc5c4ccc3c12. The Balaban J connectivity index is 1.22. The van der Waals surface area contributed by atoms with Crippen molar-refractivity contribution in [1.29, 1.82) is 0 Å². The van der Waals surface area contributed by atoms with Gasteiger partial charge in [-0.25, -0.2) is 0 Å². The summed E-state index contributed by atoms with van der Waals surface area (Å²) in [5, 5.41) is 10.2. The average molecular weight is 477 g/mol. The third-order valence-corrected chi connectivity index (χ3v) is 8.04. The van der Waals surface area contributed by atoms with Gasteiger partial charge in [0.1, 0.15) is 11.2 Å². The standard InChI is InChI=1S/C34H36O2/c1-2-3-4-5-6-7-8-9-10-11-12-24-23-36-33-20-18-29-26-13-14-28-27(17-19-32-30(28)21-22-35-32)25(26)15-16-31(29)34(24)33/h13-23H,2-12H2,1H3. The molecule has 0 N–H and O–H groups in total. The van der Waals surface area contributed by atoms with Gasteiger partial charge in [0.25, 0.3) is 0 Å². The van der Waals surface area contributed by atoms with Crippen LogP contribution in [0.1, 0.15) is 76.7 Å². The summed E-state index contributed by atoms with van der Waals surface area (Å²) in [4.78, 5) is 0. The van der Waals surface area contributed by atoms with E-state index in [1.54, 1.807) is 6.26 Å². The van der Waals surface area contributed by atoms with Crippen molar-refractivity contribution >= 4 is 54.3 Å². The minimum Gasteiger partial charge on any atom is -0.464 e. The van der Waals surface area contributed by atoms with Gasteiger partial charge >= 0.3 is 0 Å². The molecular formula is C34H36O2. The van der Waals surface area contributed by atoms with Crippen molar-refractivity contribution in [2.24, 2.45) is 0 Å². The van der Waals surface area contributed by atoms with E-state index in [2.05, 4.69) is 61.5 Å². The molecule has 0 aliphatic rings. The lowest BCUT2D eigenvalue weighted by Gasteiger charge is -2.10. The Hall–Kier alpha value is -3.26. The van der Waals surface area contributed by atoms with Crippen LogP contribution in [0.15, 0.2) is 76.0 Å². The zero-order valence-electron chi connectivity index (χ0n) is 21.4. The number of furan rings is 2. The van der Waals surface area contributed by atoms with Crippen molar-refractivity contribution in [3.05, 3.63) is 72.7 Å². The fourth-order valence-corrected chi connectivity index (χ4v) is 6.08. The summed E-state index contributed by atoms with van der Waals surface area (Å²) < 4.78 is 11.6. The van der Waals surface area contributed by atoms with Crippen LogP contribution in [0, 0.1) is 0 Å². The van der Waals surface area contributed by atoms with Gasteiger partial charge in [-0.1, -0.05) is 101 Å². The summed E-state index contributed by atoms with van der Waals surface area (Å²) in [6.45, 7) is 2.29. The highest BCUT2D eigenvalue weighted by molar-refractivity contribution is 6.24. The van der Waals surface area contributed by atoms with Gasteiger partial charge < -0.3 is 8.83 Å². The number of hydrogen-bond acceptors (Lipinski definition) is 2. The lowest BCUT2D eigenvalue weighted by molar-refractivity contribution is 0.555. The molecule has 184 valence electrons. The predicted octanol–water partition coefficient (Wildman–Crippen LogP) is 11.1. The van der Waals surface area contributed by atoms with Gasteiger partial charge in [0, 0.05) is 10.8 Å². The van der Waals surface area contributed by atoms with Crippen LogP contribution in [-0.4, -0.2) is 0 Å². The van der Waals surface area contributed by atoms with Gasteiger partial charge in [0.05, 0.1) is 12.5 Å². The highest BCUT2D eigenvalue weighted by atomic mass is 16.3. The molecule has 0 spiro atoms. The van der Waals surface area contributed by atoms with Crippen molar-refractivity contribution < 1.29 is 8.83 Å². The third kappa shape index (κ3) is 4.28. The monoisotopic (exact) mass is 476 g/mol. The van der Waals surface area contributed by atoms with E-state index in [9.17, 15) is 0 Å². The Morgan fingerprint density at radius 1 is 0.472 bits per heavy atom. The van der Waals surface area contributed by atoms with Crippen LogP contribution in [-0.2, 0) is 6.42 Å². The van der Waals surface area contributed by atoms with Gasteiger partial charge in [-0.15, -0.1) is 0 Å². The van der Waals surface area contributed by atoms with Gasteiger partial charge in [-0.05, 0) is 68.9 Å². The smallest absolute Gasteiger partial charge is 0.134 e. The lowest BCUT2D eigenvalue weighted by Crippen LogP contribution is -1.87. The normalized spacial score (nSPS) is 12.1. The fourth-order valence-electron chi connectivity index (χ4n) is 6.08. The second-order valence-electron chi connectivity index (χ2n) is 10.4. The molecule has 0 unspecified atom stereocenters. The van der Waals surface area contributed by atoms with E-state index in [-0.39, 0.29) is 0 Å². The molecular weight excluding hydrogens is 440 g/mol. The van der Waals surface area contributed by atoms with E-state index in [4.69, 9.17) is 8.83 Å². The fraction of sp³-hybridized carbons (Fsp3) is 0.353. The maximum Gasteiger partial charge on any atom is 0.134 e. The predicted molar refractivity (Wildman–Crippen MR) is 154 cm³/mol. The number of unbranched alkanes of at least 4 members (excludes halogenated alkanes) is 9. The average Bonchev–Trinajstić information content (AvgIpc) is 3.56.